The van der Waals surface area contributed by atoms with E-state index in [4.69, 9.17) is 9.47 Å². The molecule has 25 heavy (non-hydrogen) atoms. The molecule has 2 aliphatic heterocycles. The normalized spacial score (nSPS) is 40.0. The van der Waals surface area contributed by atoms with Crippen molar-refractivity contribution < 1.29 is 23.9 Å². The van der Waals surface area contributed by atoms with Gasteiger partial charge in [-0.05, 0) is 42.6 Å². The number of rotatable bonds is 3. The van der Waals surface area contributed by atoms with Crippen molar-refractivity contribution in [2.75, 3.05) is 13.2 Å². The van der Waals surface area contributed by atoms with Gasteiger partial charge in [-0.3, -0.25) is 4.79 Å². The van der Waals surface area contributed by atoms with Gasteiger partial charge in [0.25, 0.3) is 0 Å². The van der Waals surface area contributed by atoms with Crippen LogP contribution in [0.5, 0.6) is 0 Å². The summed E-state index contributed by atoms with van der Waals surface area (Å²) in [5, 5.41) is 0. The predicted molar refractivity (Wildman–Crippen MR) is 89.4 cm³/mol. The molecule has 0 bridgehead atoms. The summed E-state index contributed by atoms with van der Waals surface area (Å²) in [6, 6.07) is 0. The molecule has 1 saturated heterocycles. The highest BCUT2D eigenvalue weighted by Gasteiger charge is 2.63. The molecule has 0 aromatic rings. The molecule has 1 saturated carbocycles. The van der Waals surface area contributed by atoms with E-state index >= 15 is 0 Å². The van der Waals surface area contributed by atoms with Crippen LogP contribution in [0.15, 0.2) is 23.3 Å². The Kier molecular flexibility index (Phi) is 3.67. The molecule has 0 amide bonds. The van der Waals surface area contributed by atoms with Crippen molar-refractivity contribution in [3.05, 3.63) is 23.3 Å². The number of carbonyl (C=O) groups excluding carboxylic acids is 3. The number of cyclic esters (lactones) is 2. The molecule has 5 heteroatoms. The lowest BCUT2D eigenvalue weighted by molar-refractivity contribution is -0.145. The van der Waals surface area contributed by atoms with Gasteiger partial charge >= 0.3 is 11.9 Å². The highest BCUT2D eigenvalue weighted by molar-refractivity contribution is 5.95. The number of ketones is 1. The van der Waals surface area contributed by atoms with Gasteiger partial charge in [0.1, 0.15) is 19.0 Å². The fraction of sp³-hybridized carbons (Fsp3) is 0.650. The molecule has 4 atom stereocenters. The first-order valence-corrected chi connectivity index (χ1v) is 9.13. The Morgan fingerprint density at radius 3 is 2.76 bits per heavy atom. The topological polar surface area (TPSA) is 69.7 Å². The molecule has 5 nitrogen and oxygen atoms in total. The van der Waals surface area contributed by atoms with Crippen molar-refractivity contribution in [1.29, 1.82) is 0 Å². The quantitative estimate of drug-likeness (QED) is 0.736. The third-order valence-corrected chi connectivity index (χ3v) is 7.15. The van der Waals surface area contributed by atoms with Crippen molar-refractivity contribution in [2.24, 2.45) is 22.7 Å². The van der Waals surface area contributed by atoms with E-state index in [0.29, 0.717) is 19.6 Å². The number of hydrogen-bond donors (Lipinski definition) is 0. The minimum absolute atomic E-state index is 0.0585. The van der Waals surface area contributed by atoms with Crippen molar-refractivity contribution >= 4 is 17.7 Å². The van der Waals surface area contributed by atoms with Gasteiger partial charge in [0, 0.05) is 29.4 Å². The van der Waals surface area contributed by atoms with Crippen LogP contribution in [0.2, 0.25) is 0 Å². The second-order valence-corrected chi connectivity index (χ2v) is 8.26. The van der Waals surface area contributed by atoms with Crippen LogP contribution in [0, 0.1) is 22.7 Å². The molecular weight excluding hydrogens is 320 g/mol. The standard InChI is InChI=1S/C20H24O5/c1-12-15(21)9-20-11-25-18(23)14(20)4-3-5-16(20)19(12,2)7-6-13-8-17(22)24-10-13/h4,8,12,16H,3,5-7,9-11H2,1-2H3. The molecule has 0 aromatic carbocycles. The second-order valence-electron chi connectivity index (χ2n) is 8.26. The van der Waals surface area contributed by atoms with Crippen LogP contribution in [-0.4, -0.2) is 30.9 Å². The Bertz CT molecular complexity index is 718. The maximum absolute atomic E-state index is 12.9. The summed E-state index contributed by atoms with van der Waals surface area (Å²) in [6.45, 7) is 4.90. The first-order valence-electron chi connectivity index (χ1n) is 9.13. The monoisotopic (exact) mass is 344 g/mol. The smallest absolute Gasteiger partial charge is 0.334 e. The third-order valence-electron chi connectivity index (χ3n) is 7.15. The molecule has 2 fully saturated rings. The Labute approximate surface area is 147 Å². The van der Waals surface area contributed by atoms with E-state index in [1.54, 1.807) is 6.08 Å². The first kappa shape index (κ1) is 16.6. The number of allylic oxidation sites excluding steroid dienone is 1. The van der Waals surface area contributed by atoms with E-state index in [1.165, 1.54) is 0 Å². The zero-order valence-corrected chi connectivity index (χ0v) is 14.8. The lowest BCUT2D eigenvalue weighted by Gasteiger charge is -2.55. The van der Waals surface area contributed by atoms with Gasteiger partial charge in [-0.15, -0.1) is 0 Å². The molecule has 1 spiro atoms. The van der Waals surface area contributed by atoms with Crippen molar-refractivity contribution in [3.63, 3.8) is 0 Å². The van der Waals surface area contributed by atoms with Crippen LogP contribution in [0.4, 0.5) is 0 Å². The summed E-state index contributed by atoms with van der Waals surface area (Å²) in [7, 11) is 0. The maximum Gasteiger partial charge on any atom is 0.334 e. The van der Waals surface area contributed by atoms with Crippen LogP contribution < -0.4 is 0 Å². The van der Waals surface area contributed by atoms with Crippen LogP contribution in [0.3, 0.4) is 0 Å². The fourth-order valence-electron chi connectivity index (χ4n) is 5.54. The molecule has 134 valence electrons. The van der Waals surface area contributed by atoms with Gasteiger partial charge < -0.3 is 9.47 Å². The summed E-state index contributed by atoms with van der Waals surface area (Å²) >= 11 is 0. The maximum atomic E-state index is 12.9. The number of esters is 2. The average molecular weight is 344 g/mol. The number of Topliss-reactive ketones (excluding diaryl/α,β-unsaturated/α-hetero) is 1. The van der Waals surface area contributed by atoms with Gasteiger partial charge in [0.05, 0.1) is 0 Å². The van der Waals surface area contributed by atoms with E-state index in [9.17, 15) is 14.4 Å². The predicted octanol–water partition coefficient (Wildman–Crippen LogP) is 2.74. The SMILES string of the molecule is CC1C(=O)CC23COC(=O)C2=CCCC3C1(C)CCC1=CC(=O)OC1. The van der Waals surface area contributed by atoms with Gasteiger partial charge in [-0.1, -0.05) is 19.9 Å². The van der Waals surface area contributed by atoms with E-state index in [1.807, 2.05) is 13.0 Å². The minimum Gasteiger partial charge on any atom is -0.461 e. The summed E-state index contributed by atoms with van der Waals surface area (Å²) in [6.07, 6.45) is 7.37. The lowest BCUT2D eigenvalue weighted by Crippen LogP contribution is -2.55. The summed E-state index contributed by atoms with van der Waals surface area (Å²) in [5.74, 6) is -0.110. The Hall–Kier alpha value is -1.91. The number of hydrogen-bond acceptors (Lipinski definition) is 5. The highest BCUT2D eigenvalue weighted by Crippen LogP contribution is 2.63. The number of ether oxygens (including phenoxy) is 2. The van der Waals surface area contributed by atoms with Gasteiger partial charge in [0.15, 0.2) is 0 Å². The van der Waals surface area contributed by atoms with Crippen molar-refractivity contribution in [1.82, 2.24) is 0 Å². The molecule has 0 radical (unpaired) electrons. The van der Waals surface area contributed by atoms with E-state index in [2.05, 4.69) is 6.92 Å². The molecule has 2 heterocycles. The summed E-state index contributed by atoms with van der Waals surface area (Å²) in [5.41, 5.74) is 1.07. The molecule has 2 aliphatic carbocycles. The van der Waals surface area contributed by atoms with Gasteiger partial charge in [0.2, 0.25) is 0 Å². The molecule has 0 aromatic heterocycles. The minimum atomic E-state index is -0.440. The average Bonchev–Trinajstić information content (AvgIpc) is 3.15. The van der Waals surface area contributed by atoms with E-state index < -0.39 is 5.41 Å². The van der Waals surface area contributed by atoms with Crippen LogP contribution in [0.1, 0.15) is 46.0 Å². The molecule has 4 unspecified atom stereocenters. The first-order chi connectivity index (χ1) is 11.9. The molecular formula is C20H24O5. The Morgan fingerprint density at radius 1 is 1.24 bits per heavy atom. The summed E-state index contributed by atoms with van der Waals surface area (Å²) in [4.78, 5) is 36.4. The van der Waals surface area contributed by atoms with E-state index in [-0.39, 0.29) is 35.0 Å². The molecule has 4 aliphatic rings. The highest BCUT2D eigenvalue weighted by atomic mass is 16.5. The van der Waals surface area contributed by atoms with Crippen molar-refractivity contribution in [2.45, 2.75) is 46.0 Å². The summed E-state index contributed by atoms with van der Waals surface area (Å²) < 4.78 is 10.4. The van der Waals surface area contributed by atoms with Crippen LogP contribution in [-0.2, 0) is 23.9 Å². The Morgan fingerprint density at radius 2 is 2.04 bits per heavy atom. The lowest BCUT2D eigenvalue weighted by atomic mass is 9.46. The number of carbonyl (C=O) groups is 3. The third kappa shape index (κ3) is 2.31. The molecule has 4 rings (SSSR count). The second kappa shape index (κ2) is 5.55. The zero-order chi connectivity index (χ0) is 17.8. The Balaban J connectivity index is 1.67. The van der Waals surface area contributed by atoms with Gasteiger partial charge in [-0.25, -0.2) is 9.59 Å². The van der Waals surface area contributed by atoms with Gasteiger partial charge in [-0.2, -0.15) is 0 Å². The van der Waals surface area contributed by atoms with E-state index in [0.717, 1.165) is 36.8 Å². The zero-order valence-electron chi connectivity index (χ0n) is 14.8. The fourth-order valence-corrected chi connectivity index (χ4v) is 5.54. The molecule has 0 N–H and O–H groups in total. The largest absolute Gasteiger partial charge is 0.461 e. The van der Waals surface area contributed by atoms with Crippen LogP contribution >= 0.6 is 0 Å². The van der Waals surface area contributed by atoms with Crippen molar-refractivity contribution in [3.8, 4) is 0 Å². The van der Waals surface area contributed by atoms with Crippen LogP contribution in [0.25, 0.3) is 0 Å².